The molecule has 5 heteroatoms. The van der Waals surface area contributed by atoms with Crippen LogP contribution in [0.5, 0.6) is 0 Å². The average Bonchev–Trinajstić information content (AvgIpc) is 2.36. The minimum atomic E-state index is -0.534. The number of halogens is 1. The highest BCUT2D eigenvalue weighted by Gasteiger charge is 2.33. The van der Waals surface area contributed by atoms with Gasteiger partial charge in [0.15, 0.2) is 0 Å². The zero-order valence-electron chi connectivity index (χ0n) is 12.1. The molecular weight excluding hydrogens is 278 g/mol. The van der Waals surface area contributed by atoms with Gasteiger partial charge in [-0.15, -0.1) is 0 Å². The molecule has 1 aromatic rings. The van der Waals surface area contributed by atoms with E-state index in [-0.39, 0.29) is 18.3 Å². The summed E-state index contributed by atoms with van der Waals surface area (Å²) in [5.41, 5.74) is 1.37. The van der Waals surface area contributed by atoms with Crippen molar-refractivity contribution in [1.82, 2.24) is 0 Å². The molecule has 1 aliphatic rings. The lowest BCUT2D eigenvalue weighted by Crippen LogP contribution is -2.54. The quantitative estimate of drug-likeness (QED) is 0.900. The Balaban J connectivity index is 2.26. The van der Waals surface area contributed by atoms with E-state index in [0.717, 1.165) is 11.3 Å². The van der Waals surface area contributed by atoms with Crippen LogP contribution in [0.25, 0.3) is 0 Å². The van der Waals surface area contributed by atoms with Gasteiger partial charge in [-0.05, 0) is 38.5 Å². The second-order valence-electron chi connectivity index (χ2n) is 5.95. The van der Waals surface area contributed by atoms with E-state index in [1.165, 1.54) is 0 Å². The number of rotatable bonds is 3. The van der Waals surface area contributed by atoms with Crippen molar-refractivity contribution in [2.75, 3.05) is 24.6 Å². The maximum Gasteiger partial charge on any atom is 0.0988 e. The molecule has 2 rings (SSSR count). The first kappa shape index (κ1) is 15.6. The molecule has 0 aromatic heterocycles. The number of aliphatic hydroxyl groups is 2. The number of anilines is 1. The van der Waals surface area contributed by atoms with Crippen molar-refractivity contribution >= 4 is 17.3 Å². The standard InChI is InChI=1S/C15H22ClNO3/c1-10(19)11-4-5-14(13(16)6-11)17-7-12(8-18)20-15(2,3)9-17/h4-6,10,12,18-19H,7-9H2,1-3H3/t10-,12?/m0/s1. The molecule has 0 amide bonds. The van der Waals surface area contributed by atoms with E-state index in [9.17, 15) is 10.2 Å². The molecule has 4 nitrogen and oxygen atoms in total. The van der Waals surface area contributed by atoms with Crippen LogP contribution < -0.4 is 4.90 Å². The fourth-order valence-corrected chi connectivity index (χ4v) is 2.92. The van der Waals surface area contributed by atoms with Crippen molar-refractivity contribution in [2.45, 2.75) is 38.6 Å². The summed E-state index contributed by atoms with van der Waals surface area (Å²) >= 11 is 6.33. The van der Waals surface area contributed by atoms with E-state index in [4.69, 9.17) is 16.3 Å². The van der Waals surface area contributed by atoms with Gasteiger partial charge in [0, 0.05) is 13.1 Å². The number of aliphatic hydroxyl groups excluding tert-OH is 2. The molecular formula is C15H22ClNO3. The summed E-state index contributed by atoms with van der Waals surface area (Å²) in [7, 11) is 0. The third kappa shape index (κ3) is 3.44. The predicted molar refractivity (Wildman–Crippen MR) is 80.3 cm³/mol. The highest BCUT2D eigenvalue weighted by Crippen LogP contribution is 2.33. The van der Waals surface area contributed by atoms with E-state index in [1.807, 2.05) is 26.0 Å². The van der Waals surface area contributed by atoms with Gasteiger partial charge in [-0.3, -0.25) is 0 Å². The molecule has 0 spiro atoms. The first-order chi connectivity index (χ1) is 9.32. The molecule has 0 saturated carbocycles. The molecule has 1 saturated heterocycles. The van der Waals surface area contributed by atoms with Crippen molar-refractivity contribution in [1.29, 1.82) is 0 Å². The number of morpholine rings is 1. The van der Waals surface area contributed by atoms with Crippen molar-refractivity contribution in [3.8, 4) is 0 Å². The summed E-state index contributed by atoms with van der Waals surface area (Å²) in [6.45, 7) is 7.01. The SMILES string of the molecule is C[C@H](O)c1ccc(N2CC(CO)OC(C)(C)C2)c(Cl)c1. The van der Waals surface area contributed by atoms with E-state index < -0.39 is 6.10 Å². The molecule has 1 aliphatic heterocycles. The average molecular weight is 300 g/mol. The highest BCUT2D eigenvalue weighted by molar-refractivity contribution is 6.33. The van der Waals surface area contributed by atoms with E-state index in [0.29, 0.717) is 18.1 Å². The molecule has 0 radical (unpaired) electrons. The highest BCUT2D eigenvalue weighted by atomic mass is 35.5. The van der Waals surface area contributed by atoms with Gasteiger partial charge in [0.25, 0.3) is 0 Å². The van der Waals surface area contributed by atoms with Crippen molar-refractivity contribution in [2.24, 2.45) is 0 Å². The lowest BCUT2D eigenvalue weighted by atomic mass is 10.0. The van der Waals surface area contributed by atoms with Crippen molar-refractivity contribution < 1.29 is 14.9 Å². The van der Waals surface area contributed by atoms with Gasteiger partial charge in [-0.2, -0.15) is 0 Å². The summed E-state index contributed by atoms with van der Waals surface area (Å²) < 4.78 is 5.80. The molecule has 20 heavy (non-hydrogen) atoms. The molecule has 1 aromatic carbocycles. The Kier molecular flexibility index (Phi) is 4.59. The van der Waals surface area contributed by atoms with Crippen LogP contribution in [0.2, 0.25) is 5.02 Å². The van der Waals surface area contributed by atoms with Crippen LogP contribution in [0, 0.1) is 0 Å². The van der Waals surface area contributed by atoms with Gasteiger partial charge >= 0.3 is 0 Å². The first-order valence-corrected chi connectivity index (χ1v) is 7.21. The van der Waals surface area contributed by atoms with E-state index in [1.54, 1.807) is 13.0 Å². The summed E-state index contributed by atoms with van der Waals surface area (Å²) in [5.74, 6) is 0. The van der Waals surface area contributed by atoms with Crippen LogP contribution >= 0.6 is 11.6 Å². The first-order valence-electron chi connectivity index (χ1n) is 6.83. The third-order valence-corrected chi connectivity index (χ3v) is 3.78. The van der Waals surface area contributed by atoms with Gasteiger partial charge in [0.2, 0.25) is 0 Å². The molecule has 1 heterocycles. The smallest absolute Gasteiger partial charge is 0.0988 e. The fraction of sp³-hybridized carbons (Fsp3) is 0.600. The van der Waals surface area contributed by atoms with Crippen molar-refractivity contribution in [3.05, 3.63) is 28.8 Å². The van der Waals surface area contributed by atoms with E-state index >= 15 is 0 Å². The third-order valence-electron chi connectivity index (χ3n) is 3.48. The fourth-order valence-electron chi connectivity index (χ4n) is 2.61. The Hall–Kier alpha value is -0.810. The van der Waals surface area contributed by atoms with Crippen LogP contribution in [0.3, 0.4) is 0 Å². The maximum absolute atomic E-state index is 9.59. The summed E-state index contributed by atoms with van der Waals surface area (Å²) in [5, 5.41) is 19.6. The maximum atomic E-state index is 9.59. The molecule has 2 N–H and O–H groups in total. The van der Waals surface area contributed by atoms with Crippen LogP contribution in [0.4, 0.5) is 5.69 Å². The van der Waals surface area contributed by atoms with Gasteiger partial charge in [-0.25, -0.2) is 0 Å². The molecule has 1 fully saturated rings. The minimum absolute atomic E-state index is 0.0106. The summed E-state index contributed by atoms with van der Waals surface area (Å²) in [6.07, 6.45) is -0.751. The second kappa shape index (κ2) is 5.90. The van der Waals surface area contributed by atoms with Gasteiger partial charge in [0.05, 0.1) is 35.1 Å². The number of nitrogens with zero attached hydrogens (tertiary/aromatic N) is 1. The summed E-state index contributed by atoms with van der Waals surface area (Å²) in [4.78, 5) is 2.12. The summed E-state index contributed by atoms with van der Waals surface area (Å²) in [6, 6.07) is 5.58. The zero-order chi connectivity index (χ0) is 14.9. The zero-order valence-corrected chi connectivity index (χ0v) is 12.9. The number of ether oxygens (including phenoxy) is 1. The monoisotopic (exact) mass is 299 g/mol. The Labute approximate surface area is 124 Å². The van der Waals surface area contributed by atoms with Gasteiger partial charge in [0.1, 0.15) is 0 Å². The topological polar surface area (TPSA) is 52.9 Å². The Morgan fingerprint density at radius 3 is 2.75 bits per heavy atom. The largest absolute Gasteiger partial charge is 0.394 e. The van der Waals surface area contributed by atoms with Gasteiger partial charge < -0.3 is 19.8 Å². The molecule has 2 atom stereocenters. The Bertz CT molecular complexity index is 476. The number of hydrogen-bond donors (Lipinski definition) is 2. The van der Waals surface area contributed by atoms with Crippen LogP contribution in [0.15, 0.2) is 18.2 Å². The second-order valence-corrected chi connectivity index (χ2v) is 6.36. The predicted octanol–water partition coefficient (Wildman–Crippen LogP) is 2.37. The Morgan fingerprint density at radius 2 is 2.20 bits per heavy atom. The van der Waals surface area contributed by atoms with Gasteiger partial charge in [-0.1, -0.05) is 17.7 Å². The van der Waals surface area contributed by atoms with Crippen LogP contribution in [-0.2, 0) is 4.74 Å². The van der Waals surface area contributed by atoms with E-state index in [2.05, 4.69) is 4.90 Å². The van der Waals surface area contributed by atoms with Crippen LogP contribution in [0.1, 0.15) is 32.4 Å². The molecule has 0 bridgehead atoms. The lowest BCUT2D eigenvalue weighted by Gasteiger charge is -2.43. The normalized spacial score (nSPS) is 23.7. The molecule has 112 valence electrons. The van der Waals surface area contributed by atoms with Crippen LogP contribution in [-0.4, -0.2) is 41.6 Å². The lowest BCUT2D eigenvalue weighted by molar-refractivity contribution is -0.101. The molecule has 1 unspecified atom stereocenters. The minimum Gasteiger partial charge on any atom is -0.394 e. The Morgan fingerprint density at radius 1 is 1.50 bits per heavy atom. The number of benzene rings is 1. The molecule has 0 aliphatic carbocycles. The van der Waals surface area contributed by atoms with Crippen molar-refractivity contribution in [3.63, 3.8) is 0 Å². The number of hydrogen-bond acceptors (Lipinski definition) is 4.